The fourth-order valence-corrected chi connectivity index (χ4v) is 3.02. The number of ether oxygens (including phenoxy) is 1. The molecular weight excluding hydrogens is 246 g/mol. The first-order valence-electron chi connectivity index (χ1n) is 4.96. The summed E-state index contributed by atoms with van der Waals surface area (Å²) in [5, 5.41) is 2.91. The molecular formula is C10H9NO5S. The van der Waals surface area contributed by atoms with Gasteiger partial charge in [0.15, 0.2) is 0 Å². The minimum atomic E-state index is -4.31. The first-order valence-corrected chi connectivity index (χ1v) is 6.40. The van der Waals surface area contributed by atoms with E-state index < -0.39 is 27.7 Å². The average molecular weight is 255 g/mol. The van der Waals surface area contributed by atoms with Gasteiger partial charge in [-0.05, 0) is 11.6 Å². The number of nitrogens with one attached hydrogen (secondary N) is 1. The van der Waals surface area contributed by atoms with Gasteiger partial charge in [0.05, 0.1) is 4.90 Å². The highest BCUT2D eigenvalue weighted by atomic mass is 32.2. The van der Waals surface area contributed by atoms with Crippen molar-refractivity contribution in [3.8, 4) is 0 Å². The highest BCUT2D eigenvalue weighted by Crippen LogP contribution is 2.45. The minimum Gasteiger partial charge on any atom is -0.462 e. The van der Waals surface area contributed by atoms with Crippen molar-refractivity contribution in [3.05, 3.63) is 29.8 Å². The Bertz CT molecular complexity index is 611. The molecule has 0 saturated carbocycles. The maximum absolute atomic E-state index is 11.3. The number of esters is 1. The van der Waals surface area contributed by atoms with Crippen LogP contribution in [0.4, 0.5) is 0 Å². The van der Waals surface area contributed by atoms with Crippen LogP contribution in [0.25, 0.3) is 0 Å². The molecule has 1 aromatic carbocycles. The number of carbonyl (C=O) groups excluding carboxylic acids is 1. The summed E-state index contributed by atoms with van der Waals surface area (Å²) >= 11 is 0. The fraction of sp³-hybridized carbons (Fsp3) is 0.300. The third-order valence-corrected chi connectivity index (χ3v) is 4.05. The Morgan fingerprint density at radius 2 is 2.12 bits per heavy atom. The molecule has 2 fully saturated rings. The number of rotatable bonds is 2. The summed E-state index contributed by atoms with van der Waals surface area (Å²) in [6.07, 6.45) is 0. The van der Waals surface area contributed by atoms with Gasteiger partial charge in [-0.25, -0.2) is 0 Å². The van der Waals surface area contributed by atoms with Crippen LogP contribution >= 0.6 is 0 Å². The number of morpholine rings is 1. The van der Waals surface area contributed by atoms with Crippen LogP contribution in [0.2, 0.25) is 0 Å². The van der Waals surface area contributed by atoms with E-state index >= 15 is 0 Å². The number of benzene rings is 1. The van der Waals surface area contributed by atoms with Crippen LogP contribution in [0.15, 0.2) is 29.2 Å². The molecule has 7 heteroatoms. The summed E-state index contributed by atoms with van der Waals surface area (Å²) < 4.78 is 36.5. The summed E-state index contributed by atoms with van der Waals surface area (Å²) in [7, 11) is -4.31. The topological polar surface area (TPSA) is 103 Å². The lowest BCUT2D eigenvalue weighted by atomic mass is 9.97. The van der Waals surface area contributed by atoms with Gasteiger partial charge in [0, 0.05) is 0 Å². The number of fused-ring (bicyclic) bond motifs is 1. The van der Waals surface area contributed by atoms with Crippen molar-refractivity contribution in [3.63, 3.8) is 0 Å². The molecule has 3 rings (SSSR count). The highest BCUT2D eigenvalue weighted by molar-refractivity contribution is 7.85. The maximum atomic E-state index is 11.3. The maximum Gasteiger partial charge on any atom is 0.325 e. The van der Waals surface area contributed by atoms with Gasteiger partial charge in [0.1, 0.15) is 18.2 Å². The molecule has 17 heavy (non-hydrogen) atoms. The van der Waals surface area contributed by atoms with Crippen LogP contribution in [0.3, 0.4) is 0 Å². The van der Waals surface area contributed by atoms with Crippen molar-refractivity contribution >= 4 is 16.1 Å². The smallest absolute Gasteiger partial charge is 0.325 e. The van der Waals surface area contributed by atoms with Crippen LogP contribution < -0.4 is 5.32 Å². The predicted molar refractivity (Wildman–Crippen MR) is 55.8 cm³/mol. The Hall–Kier alpha value is -1.44. The molecule has 2 aliphatic rings. The normalized spacial score (nSPS) is 30.9. The predicted octanol–water partition coefficient (Wildman–Crippen LogP) is -0.343. The Morgan fingerprint density at radius 1 is 1.41 bits per heavy atom. The molecule has 2 N–H and O–H groups in total. The molecule has 2 atom stereocenters. The zero-order chi connectivity index (χ0) is 12.3. The second kappa shape index (κ2) is 3.06. The Labute approximate surface area is 97.3 Å². The van der Waals surface area contributed by atoms with Crippen molar-refractivity contribution in [2.75, 3.05) is 6.61 Å². The highest BCUT2D eigenvalue weighted by Gasteiger charge is 2.66. The van der Waals surface area contributed by atoms with E-state index in [4.69, 9.17) is 9.29 Å². The molecule has 90 valence electrons. The number of hydrogen-bond acceptors (Lipinski definition) is 5. The molecule has 2 unspecified atom stereocenters. The fourth-order valence-electron chi connectivity index (χ4n) is 2.24. The molecule has 0 bridgehead atoms. The summed E-state index contributed by atoms with van der Waals surface area (Å²) in [4.78, 5) is 11.1. The largest absolute Gasteiger partial charge is 0.462 e. The zero-order valence-corrected chi connectivity index (χ0v) is 9.40. The van der Waals surface area contributed by atoms with Gasteiger partial charge in [-0.2, -0.15) is 8.42 Å². The molecule has 1 aromatic rings. The Balaban J connectivity index is 2.15. The van der Waals surface area contributed by atoms with E-state index in [1.165, 1.54) is 12.1 Å². The lowest BCUT2D eigenvalue weighted by Crippen LogP contribution is -2.20. The first kappa shape index (κ1) is 10.7. The van der Waals surface area contributed by atoms with Gasteiger partial charge in [-0.3, -0.25) is 14.7 Å². The van der Waals surface area contributed by atoms with Crippen molar-refractivity contribution in [1.82, 2.24) is 5.32 Å². The van der Waals surface area contributed by atoms with E-state index in [0.29, 0.717) is 5.56 Å². The summed E-state index contributed by atoms with van der Waals surface area (Å²) in [5.74, 6) is -0.393. The van der Waals surface area contributed by atoms with Crippen LogP contribution in [-0.4, -0.2) is 31.6 Å². The quantitative estimate of drug-likeness (QED) is 0.425. The van der Waals surface area contributed by atoms with Crippen LogP contribution in [0, 0.1) is 0 Å². The summed E-state index contributed by atoms with van der Waals surface area (Å²) in [6, 6.07) is 5.53. The van der Waals surface area contributed by atoms with Crippen LogP contribution in [-0.2, 0) is 25.2 Å². The monoisotopic (exact) mass is 255 g/mol. The van der Waals surface area contributed by atoms with E-state index in [9.17, 15) is 13.2 Å². The van der Waals surface area contributed by atoms with Gasteiger partial charge in [-0.1, -0.05) is 18.2 Å². The third-order valence-electron chi connectivity index (χ3n) is 3.13. The van der Waals surface area contributed by atoms with E-state index in [0.717, 1.165) is 0 Å². The lowest BCUT2D eigenvalue weighted by molar-refractivity contribution is -0.139. The number of cyclic esters (lactones) is 1. The minimum absolute atomic E-state index is 0.0863. The number of carbonyl (C=O) groups is 1. The van der Waals surface area contributed by atoms with E-state index in [-0.39, 0.29) is 11.5 Å². The standard InChI is InChI=1S/C10H9NO5S/c12-9-8-10(11-8,5-16-9)6-3-1-2-4-7(6)17(13,14)15/h1-4,8,11H,5H2,(H,13,14,15). The molecule has 0 aromatic heterocycles. The Kier molecular flexibility index (Phi) is 1.93. The van der Waals surface area contributed by atoms with Crippen molar-refractivity contribution in [2.24, 2.45) is 0 Å². The second-order valence-electron chi connectivity index (χ2n) is 4.13. The number of hydrogen-bond donors (Lipinski definition) is 2. The third kappa shape index (κ3) is 1.40. The van der Waals surface area contributed by atoms with E-state index in [2.05, 4.69) is 5.32 Å². The van der Waals surface area contributed by atoms with Crippen LogP contribution in [0.5, 0.6) is 0 Å². The van der Waals surface area contributed by atoms with Gasteiger partial charge in [0.25, 0.3) is 10.1 Å². The molecule has 2 saturated heterocycles. The molecule has 0 radical (unpaired) electrons. The molecule has 0 aliphatic carbocycles. The molecule has 2 heterocycles. The molecule has 0 spiro atoms. The summed E-state index contributed by atoms with van der Waals surface area (Å²) in [6.45, 7) is 0.0863. The van der Waals surface area contributed by atoms with Gasteiger partial charge in [0.2, 0.25) is 0 Å². The van der Waals surface area contributed by atoms with Crippen molar-refractivity contribution in [1.29, 1.82) is 0 Å². The second-order valence-corrected chi connectivity index (χ2v) is 5.52. The van der Waals surface area contributed by atoms with E-state index in [1.807, 2.05) is 0 Å². The molecule has 2 aliphatic heterocycles. The first-order chi connectivity index (χ1) is 7.95. The zero-order valence-electron chi connectivity index (χ0n) is 8.58. The van der Waals surface area contributed by atoms with Gasteiger partial charge < -0.3 is 4.74 Å². The lowest BCUT2D eigenvalue weighted by Gasteiger charge is -2.12. The van der Waals surface area contributed by atoms with Gasteiger partial charge in [-0.15, -0.1) is 0 Å². The van der Waals surface area contributed by atoms with Crippen LogP contribution in [0.1, 0.15) is 5.56 Å². The van der Waals surface area contributed by atoms with Gasteiger partial charge >= 0.3 is 5.97 Å². The molecule has 6 nitrogen and oxygen atoms in total. The molecule has 0 amide bonds. The van der Waals surface area contributed by atoms with Crippen molar-refractivity contribution in [2.45, 2.75) is 16.5 Å². The van der Waals surface area contributed by atoms with E-state index in [1.54, 1.807) is 12.1 Å². The SMILES string of the molecule is O=C1OCC2(c3ccccc3S(=O)(=O)O)NC12. The average Bonchev–Trinajstić information content (AvgIpc) is 2.94. The van der Waals surface area contributed by atoms with Crippen molar-refractivity contribution < 1.29 is 22.5 Å². The summed E-state index contributed by atoms with van der Waals surface area (Å²) in [5.41, 5.74) is -0.415. The Morgan fingerprint density at radius 3 is 2.65 bits per heavy atom.